The lowest BCUT2D eigenvalue weighted by Crippen LogP contribution is -2.31. The third-order valence-electron chi connectivity index (χ3n) is 3.45. The van der Waals surface area contributed by atoms with E-state index in [0.29, 0.717) is 0 Å². The highest BCUT2D eigenvalue weighted by Crippen LogP contribution is 2.24. The number of sulfone groups is 1. The Morgan fingerprint density at radius 3 is 2.19 bits per heavy atom. The Labute approximate surface area is 123 Å². The maximum atomic E-state index is 12.4. The number of sulfonamides is 1. The predicted molar refractivity (Wildman–Crippen MR) is 75.4 cm³/mol. The van der Waals surface area contributed by atoms with Gasteiger partial charge in [-0.1, -0.05) is 0 Å². The number of rotatable bonds is 4. The molecule has 1 N–H and O–H groups in total. The van der Waals surface area contributed by atoms with Gasteiger partial charge in [0.15, 0.2) is 9.84 Å². The van der Waals surface area contributed by atoms with E-state index in [1.54, 1.807) is 0 Å². The summed E-state index contributed by atoms with van der Waals surface area (Å²) < 4.78 is 48.8. The van der Waals surface area contributed by atoms with Gasteiger partial charge in [-0.2, -0.15) is 4.31 Å². The molecule has 1 atom stereocenters. The molecule has 1 aromatic rings. The number of benzene rings is 1. The predicted octanol–water partition coefficient (Wildman–Crippen LogP) is 0.192. The first-order chi connectivity index (χ1) is 9.62. The Kier molecular flexibility index (Phi) is 4.09. The van der Waals surface area contributed by atoms with Gasteiger partial charge in [-0.15, -0.1) is 0 Å². The van der Waals surface area contributed by atoms with Gasteiger partial charge in [0.2, 0.25) is 10.0 Å². The highest BCUT2D eigenvalue weighted by Gasteiger charge is 2.36. The van der Waals surface area contributed by atoms with Gasteiger partial charge in [-0.05, 0) is 30.7 Å². The van der Waals surface area contributed by atoms with Gasteiger partial charge in [0.25, 0.3) is 0 Å². The molecule has 1 heterocycles. The van der Waals surface area contributed by atoms with E-state index in [9.17, 15) is 21.6 Å². The first-order valence-corrected chi connectivity index (χ1v) is 9.54. The molecule has 1 aliphatic rings. The molecule has 9 heteroatoms. The van der Waals surface area contributed by atoms with Crippen LogP contribution in [0.25, 0.3) is 0 Å². The summed E-state index contributed by atoms with van der Waals surface area (Å²) in [6.07, 6.45) is 1.36. The lowest BCUT2D eigenvalue weighted by atomic mass is 10.2. The third-order valence-corrected chi connectivity index (χ3v) is 6.93. The molecule has 0 spiro atoms. The molecule has 7 nitrogen and oxygen atoms in total. The molecule has 0 aromatic heterocycles. The van der Waals surface area contributed by atoms with Crippen molar-refractivity contribution in [2.24, 2.45) is 0 Å². The van der Waals surface area contributed by atoms with Crippen LogP contribution >= 0.6 is 0 Å². The summed E-state index contributed by atoms with van der Waals surface area (Å²) in [5.74, 6) is -1.14. The number of nitrogens with zero attached hydrogens (tertiary/aromatic N) is 1. The van der Waals surface area contributed by atoms with Gasteiger partial charge in [0, 0.05) is 19.3 Å². The fourth-order valence-corrected chi connectivity index (χ4v) is 4.76. The molecule has 1 fully saturated rings. The van der Waals surface area contributed by atoms with Gasteiger partial charge >= 0.3 is 5.97 Å². The normalized spacial score (nSPS) is 20.5. The van der Waals surface area contributed by atoms with E-state index in [2.05, 4.69) is 0 Å². The minimum absolute atomic E-state index is 0.00983. The maximum absolute atomic E-state index is 12.4. The van der Waals surface area contributed by atoms with Crippen LogP contribution in [0, 0.1) is 0 Å². The van der Waals surface area contributed by atoms with Crippen molar-refractivity contribution in [1.29, 1.82) is 0 Å². The molecule has 0 saturated carbocycles. The monoisotopic (exact) mass is 333 g/mol. The molecule has 0 amide bonds. The summed E-state index contributed by atoms with van der Waals surface area (Å²) in [6.45, 7) is 0.0720. The highest BCUT2D eigenvalue weighted by atomic mass is 32.2. The van der Waals surface area contributed by atoms with Crippen LogP contribution in [0.4, 0.5) is 0 Å². The van der Waals surface area contributed by atoms with Crippen molar-refractivity contribution in [2.45, 2.75) is 16.6 Å². The molecule has 0 radical (unpaired) electrons. The summed E-state index contributed by atoms with van der Waals surface area (Å²) in [5.41, 5.74) is -0.00983. The lowest BCUT2D eigenvalue weighted by molar-refractivity contribution is 0.0696. The van der Waals surface area contributed by atoms with Gasteiger partial charge in [0.1, 0.15) is 0 Å². The van der Waals surface area contributed by atoms with Crippen LogP contribution in [-0.4, -0.2) is 56.8 Å². The van der Waals surface area contributed by atoms with Crippen molar-refractivity contribution in [2.75, 3.05) is 19.3 Å². The zero-order chi connectivity index (χ0) is 15.8. The Bertz CT molecular complexity index is 751. The van der Waals surface area contributed by atoms with Gasteiger partial charge in [-0.25, -0.2) is 21.6 Å². The van der Waals surface area contributed by atoms with E-state index >= 15 is 0 Å². The molecular formula is C12H15NO6S2. The zero-order valence-electron chi connectivity index (χ0n) is 11.3. The number of aromatic carboxylic acids is 1. The van der Waals surface area contributed by atoms with Crippen LogP contribution in [0.3, 0.4) is 0 Å². The van der Waals surface area contributed by atoms with Crippen LogP contribution in [0.15, 0.2) is 29.2 Å². The van der Waals surface area contributed by atoms with Crippen molar-refractivity contribution in [3.05, 3.63) is 29.8 Å². The van der Waals surface area contributed by atoms with Gasteiger partial charge in [0.05, 0.1) is 15.7 Å². The fourth-order valence-electron chi connectivity index (χ4n) is 2.18. The SMILES string of the molecule is CS(=O)(=O)C1CCN(S(=O)(=O)c2ccc(C(=O)O)cc2)C1. The second-order valence-corrected chi connectivity index (χ2v) is 9.20. The molecule has 1 saturated heterocycles. The summed E-state index contributed by atoms with van der Waals surface area (Å²) in [6, 6.07) is 4.85. The van der Waals surface area contributed by atoms with Crippen molar-refractivity contribution in [1.82, 2.24) is 4.31 Å². The van der Waals surface area contributed by atoms with Crippen LogP contribution in [0.1, 0.15) is 16.8 Å². The topological polar surface area (TPSA) is 109 Å². The van der Waals surface area contributed by atoms with E-state index < -0.39 is 31.1 Å². The van der Waals surface area contributed by atoms with E-state index in [0.717, 1.165) is 10.6 Å². The van der Waals surface area contributed by atoms with Crippen molar-refractivity contribution >= 4 is 25.8 Å². The molecule has 116 valence electrons. The lowest BCUT2D eigenvalue weighted by Gasteiger charge is -2.16. The number of carboxylic acids is 1. The van der Waals surface area contributed by atoms with Gasteiger partial charge in [-0.3, -0.25) is 0 Å². The molecule has 1 unspecified atom stereocenters. The number of hydrogen-bond acceptors (Lipinski definition) is 5. The molecule has 0 bridgehead atoms. The number of hydrogen-bond donors (Lipinski definition) is 1. The molecule has 2 rings (SSSR count). The molecular weight excluding hydrogens is 318 g/mol. The molecule has 1 aromatic carbocycles. The first-order valence-electron chi connectivity index (χ1n) is 6.15. The largest absolute Gasteiger partial charge is 0.478 e. The Morgan fingerprint density at radius 2 is 1.76 bits per heavy atom. The zero-order valence-corrected chi connectivity index (χ0v) is 12.9. The Morgan fingerprint density at radius 1 is 1.19 bits per heavy atom. The average Bonchev–Trinajstić information content (AvgIpc) is 2.89. The van der Waals surface area contributed by atoms with E-state index in [-0.39, 0.29) is 30.0 Å². The summed E-state index contributed by atoms with van der Waals surface area (Å²) in [5, 5.41) is 8.10. The van der Waals surface area contributed by atoms with E-state index in [1.807, 2.05) is 0 Å². The van der Waals surface area contributed by atoms with Crippen LogP contribution in [0.2, 0.25) is 0 Å². The van der Waals surface area contributed by atoms with Crippen LogP contribution in [-0.2, 0) is 19.9 Å². The number of carbonyl (C=O) groups is 1. The van der Waals surface area contributed by atoms with Crippen molar-refractivity contribution in [3.8, 4) is 0 Å². The number of carboxylic acid groups (broad SMARTS) is 1. The van der Waals surface area contributed by atoms with Crippen LogP contribution in [0.5, 0.6) is 0 Å². The molecule has 21 heavy (non-hydrogen) atoms. The summed E-state index contributed by atoms with van der Waals surface area (Å²) in [7, 11) is -7.08. The summed E-state index contributed by atoms with van der Waals surface area (Å²) in [4.78, 5) is 10.7. The average molecular weight is 333 g/mol. The third kappa shape index (κ3) is 3.25. The fraction of sp³-hybridized carbons (Fsp3) is 0.417. The minimum atomic E-state index is -3.80. The second-order valence-electron chi connectivity index (χ2n) is 4.93. The standard InChI is InChI=1S/C12H15NO6S2/c1-20(16,17)11-6-7-13(8-11)21(18,19)10-4-2-9(3-5-10)12(14)15/h2-5,11H,6-8H2,1H3,(H,14,15). The molecule has 0 aliphatic carbocycles. The van der Waals surface area contributed by atoms with Crippen molar-refractivity contribution in [3.63, 3.8) is 0 Å². The maximum Gasteiger partial charge on any atom is 0.335 e. The summed E-state index contributed by atoms with van der Waals surface area (Å²) >= 11 is 0. The Hall–Kier alpha value is -1.45. The minimum Gasteiger partial charge on any atom is -0.478 e. The quantitative estimate of drug-likeness (QED) is 0.842. The van der Waals surface area contributed by atoms with E-state index in [4.69, 9.17) is 5.11 Å². The van der Waals surface area contributed by atoms with Crippen LogP contribution < -0.4 is 0 Å². The smallest absolute Gasteiger partial charge is 0.335 e. The van der Waals surface area contributed by atoms with Gasteiger partial charge < -0.3 is 5.11 Å². The Balaban J connectivity index is 2.25. The molecule has 1 aliphatic heterocycles. The second kappa shape index (κ2) is 5.39. The first kappa shape index (κ1) is 15.9. The van der Waals surface area contributed by atoms with Crippen molar-refractivity contribution < 1.29 is 26.7 Å². The highest BCUT2D eigenvalue weighted by molar-refractivity contribution is 7.91. The van der Waals surface area contributed by atoms with E-state index in [1.165, 1.54) is 24.3 Å².